The third-order valence-electron chi connectivity index (χ3n) is 1.92. The molecule has 0 aliphatic carbocycles. The van der Waals surface area contributed by atoms with Crippen molar-refractivity contribution in [1.29, 1.82) is 0 Å². The Morgan fingerprint density at radius 2 is 2.00 bits per heavy atom. The standard InChI is InChI=1S/C10H11F4NO/c1-16-9-4-2-3-8(11)7(9)5-15-6-10(12,13)14/h2-4,15H,5-6H2,1H3. The lowest BCUT2D eigenvalue weighted by Crippen LogP contribution is -2.28. The topological polar surface area (TPSA) is 21.3 Å². The van der Waals surface area contributed by atoms with E-state index in [2.05, 4.69) is 5.32 Å². The highest BCUT2D eigenvalue weighted by Crippen LogP contribution is 2.21. The molecule has 1 aromatic carbocycles. The van der Waals surface area contributed by atoms with E-state index in [0.29, 0.717) is 0 Å². The zero-order valence-electron chi connectivity index (χ0n) is 8.57. The molecule has 0 heterocycles. The SMILES string of the molecule is COc1cccc(F)c1CNCC(F)(F)F. The van der Waals surface area contributed by atoms with E-state index in [0.717, 1.165) is 0 Å². The fraction of sp³-hybridized carbons (Fsp3) is 0.400. The van der Waals surface area contributed by atoms with E-state index in [1.807, 2.05) is 0 Å². The molecule has 0 aromatic heterocycles. The third-order valence-corrected chi connectivity index (χ3v) is 1.92. The Morgan fingerprint density at radius 1 is 1.31 bits per heavy atom. The molecule has 1 rings (SSSR count). The predicted molar refractivity (Wildman–Crippen MR) is 50.7 cm³/mol. The summed E-state index contributed by atoms with van der Waals surface area (Å²) in [5.41, 5.74) is 0.0919. The number of halogens is 4. The minimum absolute atomic E-state index is 0.0919. The number of hydrogen-bond donors (Lipinski definition) is 1. The van der Waals surface area contributed by atoms with Gasteiger partial charge in [-0.1, -0.05) is 6.07 Å². The molecule has 0 saturated heterocycles. The van der Waals surface area contributed by atoms with E-state index in [-0.39, 0.29) is 17.9 Å². The Kier molecular flexibility index (Phi) is 4.12. The average molecular weight is 237 g/mol. The summed E-state index contributed by atoms with van der Waals surface area (Å²) in [6.45, 7) is -1.39. The van der Waals surface area contributed by atoms with Crippen LogP contribution < -0.4 is 10.1 Å². The normalized spacial score (nSPS) is 11.6. The van der Waals surface area contributed by atoms with Crippen molar-refractivity contribution >= 4 is 0 Å². The maximum absolute atomic E-state index is 13.3. The van der Waals surface area contributed by atoms with Gasteiger partial charge in [-0.05, 0) is 12.1 Å². The molecule has 0 aliphatic heterocycles. The van der Waals surface area contributed by atoms with Gasteiger partial charge in [0.25, 0.3) is 0 Å². The molecule has 0 fully saturated rings. The van der Waals surface area contributed by atoms with Gasteiger partial charge in [0.15, 0.2) is 0 Å². The van der Waals surface area contributed by atoms with E-state index < -0.39 is 18.5 Å². The van der Waals surface area contributed by atoms with Crippen LogP contribution in [0, 0.1) is 5.82 Å². The van der Waals surface area contributed by atoms with Crippen molar-refractivity contribution in [2.75, 3.05) is 13.7 Å². The minimum atomic E-state index is -4.31. The summed E-state index contributed by atoms with van der Waals surface area (Å²) in [7, 11) is 1.34. The molecular formula is C10H11F4NO. The van der Waals surface area contributed by atoms with Crippen LogP contribution >= 0.6 is 0 Å². The first-order valence-corrected chi connectivity index (χ1v) is 4.53. The summed E-state index contributed by atoms with van der Waals surface area (Å²) in [5, 5.41) is 2.11. The van der Waals surface area contributed by atoms with Crippen LogP contribution in [-0.4, -0.2) is 19.8 Å². The summed E-state index contributed by atoms with van der Waals surface area (Å²) in [6.07, 6.45) is -4.31. The summed E-state index contributed by atoms with van der Waals surface area (Å²) in [4.78, 5) is 0. The molecule has 1 aromatic rings. The van der Waals surface area contributed by atoms with Gasteiger partial charge in [0.1, 0.15) is 11.6 Å². The lowest BCUT2D eigenvalue weighted by molar-refractivity contribution is -0.125. The summed E-state index contributed by atoms with van der Waals surface area (Å²) in [5.74, 6) is -0.358. The van der Waals surface area contributed by atoms with Crippen LogP contribution in [0.25, 0.3) is 0 Å². The lowest BCUT2D eigenvalue weighted by atomic mass is 10.2. The first-order chi connectivity index (χ1) is 7.44. The molecule has 0 saturated carbocycles. The van der Waals surface area contributed by atoms with Gasteiger partial charge in [0, 0.05) is 12.1 Å². The van der Waals surface area contributed by atoms with Crippen LogP contribution in [0.2, 0.25) is 0 Å². The Hall–Kier alpha value is -1.30. The first-order valence-electron chi connectivity index (χ1n) is 4.53. The molecule has 0 bridgehead atoms. The highest BCUT2D eigenvalue weighted by molar-refractivity contribution is 5.34. The van der Waals surface area contributed by atoms with Crippen LogP contribution in [0.1, 0.15) is 5.56 Å². The van der Waals surface area contributed by atoms with E-state index >= 15 is 0 Å². The first kappa shape index (κ1) is 12.8. The molecule has 1 N–H and O–H groups in total. The Morgan fingerprint density at radius 3 is 2.56 bits per heavy atom. The van der Waals surface area contributed by atoms with Crippen molar-refractivity contribution in [3.63, 3.8) is 0 Å². The molecule has 0 amide bonds. The number of rotatable bonds is 4. The molecule has 0 aliphatic rings. The largest absolute Gasteiger partial charge is 0.496 e. The maximum Gasteiger partial charge on any atom is 0.401 e. The second-order valence-corrected chi connectivity index (χ2v) is 3.14. The van der Waals surface area contributed by atoms with E-state index in [4.69, 9.17) is 4.74 Å². The van der Waals surface area contributed by atoms with Crippen LogP contribution in [0.3, 0.4) is 0 Å². The zero-order chi connectivity index (χ0) is 12.2. The number of methoxy groups -OCH3 is 1. The van der Waals surface area contributed by atoms with Gasteiger partial charge in [-0.2, -0.15) is 13.2 Å². The van der Waals surface area contributed by atoms with Gasteiger partial charge >= 0.3 is 6.18 Å². The van der Waals surface area contributed by atoms with Crippen LogP contribution in [0.4, 0.5) is 17.6 Å². The second-order valence-electron chi connectivity index (χ2n) is 3.14. The van der Waals surface area contributed by atoms with Crippen molar-refractivity contribution in [3.8, 4) is 5.75 Å². The quantitative estimate of drug-likeness (QED) is 0.812. The smallest absolute Gasteiger partial charge is 0.401 e. The molecule has 90 valence electrons. The maximum atomic E-state index is 13.3. The fourth-order valence-corrected chi connectivity index (χ4v) is 1.23. The number of ether oxygens (including phenoxy) is 1. The van der Waals surface area contributed by atoms with E-state index in [1.54, 1.807) is 0 Å². The molecule has 0 radical (unpaired) electrons. The van der Waals surface area contributed by atoms with Gasteiger partial charge in [-0.3, -0.25) is 0 Å². The second kappa shape index (κ2) is 5.16. The monoisotopic (exact) mass is 237 g/mol. The van der Waals surface area contributed by atoms with Gasteiger partial charge < -0.3 is 10.1 Å². The van der Waals surface area contributed by atoms with Crippen molar-refractivity contribution in [2.24, 2.45) is 0 Å². The number of benzene rings is 1. The van der Waals surface area contributed by atoms with Crippen LogP contribution in [-0.2, 0) is 6.54 Å². The number of hydrogen-bond acceptors (Lipinski definition) is 2. The zero-order valence-corrected chi connectivity index (χ0v) is 8.57. The van der Waals surface area contributed by atoms with Gasteiger partial charge in [0.05, 0.1) is 13.7 Å². The molecule has 0 unspecified atom stereocenters. The molecular weight excluding hydrogens is 226 g/mol. The van der Waals surface area contributed by atoms with Crippen molar-refractivity contribution in [3.05, 3.63) is 29.6 Å². The fourth-order valence-electron chi connectivity index (χ4n) is 1.23. The van der Waals surface area contributed by atoms with Gasteiger partial charge in [0.2, 0.25) is 0 Å². The lowest BCUT2D eigenvalue weighted by Gasteiger charge is -2.11. The minimum Gasteiger partial charge on any atom is -0.496 e. The Labute approximate surface area is 90.2 Å². The van der Waals surface area contributed by atoms with Gasteiger partial charge in [-0.25, -0.2) is 4.39 Å². The number of alkyl halides is 3. The average Bonchev–Trinajstić information content (AvgIpc) is 2.18. The van der Waals surface area contributed by atoms with E-state index in [9.17, 15) is 17.6 Å². The van der Waals surface area contributed by atoms with Crippen molar-refractivity contribution in [2.45, 2.75) is 12.7 Å². The summed E-state index contributed by atoms with van der Waals surface area (Å²) < 4.78 is 53.7. The third kappa shape index (κ3) is 3.69. The molecule has 16 heavy (non-hydrogen) atoms. The van der Waals surface area contributed by atoms with Gasteiger partial charge in [-0.15, -0.1) is 0 Å². The molecule has 0 atom stereocenters. The summed E-state index contributed by atoms with van der Waals surface area (Å²) >= 11 is 0. The van der Waals surface area contributed by atoms with Crippen molar-refractivity contribution < 1.29 is 22.3 Å². The van der Waals surface area contributed by atoms with Crippen LogP contribution in [0.15, 0.2) is 18.2 Å². The highest BCUT2D eigenvalue weighted by Gasteiger charge is 2.26. The molecule has 2 nitrogen and oxygen atoms in total. The van der Waals surface area contributed by atoms with Crippen molar-refractivity contribution in [1.82, 2.24) is 5.32 Å². The Balaban J connectivity index is 2.66. The molecule has 6 heteroatoms. The Bertz CT molecular complexity index is 351. The van der Waals surface area contributed by atoms with E-state index in [1.165, 1.54) is 25.3 Å². The van der Waals surface area contributed by atoms with Crippen LogP contribution in [0.5, 0.6) is 5.75 Å². The summed E-state index contributed by atoms with van der Waals surface area (Å²) in [6, 6.07) is 4.10. The number of nitrogens with one attached hydrogen (secondary N) is 1. The predicted octanol–water partition coefficient (Wildman–Crippen LogP) is 2.49. The highest BCUT2D eigenvalue weighted by atomic mass is 19.4. The molecule has 0 spiro atoms.